The van der Waals surface area contributed by atoms with Gasteiger partial charge in [0.25, 0.3) is 0 Å². The van der Waals surface area contributed by atoms with Crippen molar-refractivity contribution in [2.45, 2.75) is 19.1 Å². The number of aliphatic hydroxyl groups is 1. The summed E-state index contributed by atoms with van der Waals surface area (Å²) in [5.74, 6) is 0.769. The number of nitrogens with one attached hydrogen (secondary N) is 1. The van der Waals surface area contributed by atoms with Gasteiger partial charge >= 0.3 is 0 Å². The van der Waals surface area contributed by atoms with Crippen molar-refractivity contribution in [1.82, 2.24) is 10.3 Å². The highest BCUT2D eigenvalue weighted by atomic mass is 16.5. The maximum atomic E-state index is 10.1. The van der Waals surface area contributed by atoms with Gasteiger partial charge < -0.3 is 15.2 Å². The van der Waals surface area contributed by atoms with E-state index in [0.29, 0.717) is 6.54 Å². The molecule has 0 spiro atoms. The van der Waals surface area contributed by atoms with Crippen LogP contribution in [-0.2, 0) is 0 Å². The van der Waals surface area contributed by atoms with Crippen molar-refractivity contribution in [3.63, 3.8) is 0 Å². The Morgan fingerprint density at radius 1 is 1.04 bits per heavy atom. The average molecular weight is 322 g/mol. The van der Waals surface area contributed by atoms with Gasteiger partial charge in [-0.25, -0.2) is 0 Å². The molecule has 0 saturated heterocycles. The molecule has 0 bridgehead atoms. The van der Waals surface area contributed by atoms with E-state index in [2.05, 4.69) is 22.4 Å². The minimum Gasteiger partial charge on any atom is -0.491 e. The molecule has 0 saturated carbocycles. The molecular weight excluding hydrogens is 300 g/mol. The lowest BCUT2D eigenvalue weighted by Gasteiger charge is -2.17. The van der Waals surface area contributed by atoms with Gasteiger partial charge in [0.1, 0.15) is 18.5 Å². The van der Waals surface area contributed by atoms with Gasteiger partial charge in [0.05, 0.1) is 5.69 Å². The van der Waals surface area contributed by atoms with E-state index >= 15 is 0 Å². The molecule has 124 valence electrons. The number of nitrogens with zero attached hydrogens (tertiary/aromatic N) is 1. The highest BCUT2D eigenvalue weighted by molar-refractivity contribution is 5.83. The molecule has 4 nitrogen and oxygen atoms in total. The van der Waals surface area contributed by atoms with Gasteiger partial charge in [-0.2, -0.15) is 0 Å². The van der Waals surface area contributed by atoms with Crippen LogP contribution in [0.4, 0.5) is 0 Å². The average Bonchev–Trinajstić information content (AvgIpc) is 2.65. The van der Waals surface area contributed by atoms with E-state index in [0.717, 1.165) is 16.8 Å². The first-order valence-electron chi connectivity index (χ1n) is 8.16. The van der Waals surface area contributed by atoms with E-state index < -0.39 is 6.10 Å². The predicted octanol–water partition coefficient (Wildman–Crippen LogP) is 3.33. The molecule has 0 aliphatic carbocycles. The summed E-state index contributed by atoms with van der Waals surface area (Å²) in [6.07, 6.45) is 1.19. The van der Waals surface area contributed by atoms with Crippen LogP contribution in [0.25, 0.3) is 10.8 Å². The van der Waals surface area contributed by atoms with Crippen molar-refractivity contribution >= 4 is 10.8 Å². The Bertz CT molecular complexity index is 777. The number of pyridine rings is 1. The van der Waals surface area contributed by atoms with Crippen LogP contribution in [-0.4, -0.2) is 29.3 Å². The van der Waals surface area contributed by atoms with Crippen LogP contribution >= 0.6 is 0 Å². The molecule has 0 unspecified atom stereocenters. The third-order valence-electron chi connectivity index (χ3n) is 3.95. The van der Waals surface area contributed by atoms with Crippen molar-refractivity contribution in [2.75, 3.05) is 13.2 Å². The highest BCUT2D eigenvalue weighted by Crippen LogP contribution is 2.20. The fourth-order valence-electron chi connectivity index (χ4n) is 2.56. The smallest absolute Gasteiger partial charge is 0.120 e. The third kappa shape index (κ3) is 4.31. The van der Waals surface area contributed by atoms with Crippen LogP contribution in [0.3, 0.4) is 0 Å². The molecule has 4 heteroatoms. The van der Waals surface area contributed by atoms with Crippen LogP contribution in [0, 0.1) is 0 Å². The van der Waals surface area contributed by atoms with Gasteiger partial charge in [-0.1, -0.05) is 36.4 Å². The lowest BCUT2D eigenvalue weighted by Crippen LogP contribution is -2.33. The summed E-state index contributed by atoms with van der Waals surface area (Å²) < 4.78 is 5.71. The van der Waals surface area contributed by atoms with E-state index in [1.807, 2.05) is 55.5 Å². The summed E-state index contributed by atoms with van der Waals surface area (Å²) in [6.45, 7) is 2.73. The number of aliphatic hydroxyl groups excluding tert-OH is 1. The summed E-state index contributed by atoms with van der Waals surface area (Å²) in [5, 5.41) is 15.7. The fourth-order valence-corrected chi connectivity index (χ4v) is 2.56. The second-order valence-electron chi connectivity index (χ2n) is 5.86. The largest absolute Gasteiger partial charge is 0.491 e. The van der Waals surface area contributed by atoms with Crippen LogP contribution in [0.1, 0.15) is 18.7 Å². The SMILES string of the molecule is C[C@H](NC[C@@H](O)COc1ccc2ccccc2c1)c1ccccn1. The number of rotatable bonds is 7. The van der Waals surface area contributed by atoms with Crippen molar-refractivity contribution < 1.29 is 9.84 Å². The second kappa shape index (κ2) is 7.90. The molecule has 0 fully saturated rings. The van der Waals surface area contributed by atoms with E-state index in [1.54, 1.807) is 6.20 Å². The van der Waals surface area contributed by atoms with E-state index in [9.17, 15) is 5.11 Å². The summed E-state index contributed by atoms with van der Waals surface area (Å²) in [7, 11) is 0. The zero-order valence-corrected chi connectivity index (χ0v) is 13.7. The van der Waals surface area contributed by atoms with Crippen molar-refractivity contribution in [3.05, 3.63) is 72.6 Å². The Morgan fingerprint density at radius 2 is 1.83 bits per heavy atom. The van der Waals surface area contributed by atoms with Gasteiger partial charge in [0, 0.05) is 18.8 Å². The highest BCUT2D eigenvalue weighted by Gasteiger charge is 2.10. The minimum absolute atomic E-state index is 0.0847. The first-order valence-corrected chi connectivity index (χ1v) is 8.16. The number of hydrogen-bond acceptors (Lipinski definition) is 4. The Labute approximate surface area is 142 Å². The standard InChI is InChI=1S/C20H22N2O2/c1-15(20-8-4-5-11-21-20)22-13-18(23)14-24-19-10-9-16-6-2-3-7-17(16)12-19/h2-12,15,18,22-23H,13-14H2,1H3/t15-,18+/m0/s1. The molecule has 1 heterocycles. The van der Waals surface area contributed by atoms with Gasteiger partial charge in [-0.15, -0.1) is 0 Å². The molecule has 2 N–H and O–H groups in total. The number of hydrogen-bond donors (Lipinski definition) is 2. The summed E-state index contributed by atoms with van der Waals surface area (Å²) in [5.41, 5.74) is 0.958. The molecular formula is C20H22N2O2. The van der Waals surface area contributed by atoms with Gasteiger partial charge in [0.2, 0.25) is 0 Å². The Balaban J connectivity index is 1.48. The van der Waals surface area contributed by atoms with Crippen LogP contribution < -0.4 is 10.1 Å². The topological polar surface area (TPSA) is 54.4 Å². The molecule has 0 aliphatic heterocycles. The molecule has 24 heavy (non-hydrogen) atoms. The molecule has 1 aromatic heterocycles. The maximum absolute atomic E-state index is 10.1. The number of ether oxygens (including phenoxy) is 1. The van der Waals surface area contributed by atoms with Gasteiger partial charge in [-0.05, 0) is 42.0 Å². The lowest BCUT2D eigenvalue weighted by atomic mass is 10.1. The molecule has 3 aromatic rings. The second-order valence-corrected chi connectivity index (χ2v) is 5.86. The molecule has 0 amide bonds. The fraction of sp³-hybridized carbons (Fsp3) is 0.250. The minimum atomic E-state index is -0.581. The Hall–Kier alpha value is -2.43. The van der Waals surface area contributed by atoms with Crippen LogP contribution in [0.15, 0.2) is 66.9 Å². The Kier molecular flexibility index (Phi) is 5.41. The molecule has 2 aromatic carbocycles. The molecule has 2 atom stereocenters. The van der Waals surface area contributed by atoms with Gasteiger partial charge in [-0.3, -0.25) is 4.98 Å². The molecule has 0 radical (unpaired) electrons. The summed E-state index contributed by atoms with van der Waals surface area (Å²) in [4.78, 5) is 4.30. The first-order chi connectivity index (χ1) is 11.7. The third-order valence-corrected chi connectivity index (χ3v) is 3.95. The normalized spacial score (nSPS) is 13.6. The van der Waals surface area contributed by atoms with E-state index in [1.165, 1.54) is 5.39 Å². The predicted molar refractivity (Wildman–Crippen MR) is 96.1 cm³/mol. The lowest BCUT2D eigenvalue weighted by molar-refractivity contribution is 0.104. The van der Waals surface area contributed by atoms with Crippen molar-refractivity contribution in [3.8, 4) is 5.75 Å². The summed E-state index contributed by atoms with van der Waals surface area (Å²) >= 11 is 0. The number of aromatic nitrogens is 1. The monoisotopic (exact) mass is 322 g/mol. The first kappa shape index (κ1) is 16.4. The Morgan fingerprint density at radius 3 is 2.62 bits per heavy atom. The number of fused-ring (bicyclic) bond motifs is 1. The zero-order valence-electron chi connectivity index (χ0n) is 13.7. The van der Waals surface area contributed by atoms with Gasteiger partial charge in [0.15, 0.2) is 0 Å². The maximum Gasteiger partial charge on any atom is 0.120 e. The van der Waals surface area contributed by atoms with Crippen LogP contribution in [0.5, 0.6) is 5.75 Å². The molecule has 0 aliphatic rings. The number of benzene rings is 2. The van der Waals surface area contributed by atoms with Crippen LogP contribution in [0.2, 0.25) is 0 Å². The molecule has 3 rings (SSSR count). The van der Waals surface area contributed by atoms with Crippen molar-refractivity contribution in [1.29, 1.82) is 0 Å². The zero-order chi connectivity index (χ0) is 16.8. The quantitative estimate of drug-likeness (QED) is 0.700. The van der Waals surface area contributed by atoms with Crippen molar-refractivity contribution in [2.24, 2.45) is 0 Å². The van der Waals surface area contributed by atoms with E-state index in [4.69, 9.17) is 4.74 Å². The summed E-state index contributed by atoms with van der Waals surface area (Å²) in [6, 6.07) is 20.0. The van der Waals surface area contributed by atoms with E-state index in [-0.39, 0.29) is 12.6 Å².